The maximum absolute atomic E-state index is 10.2. The van der Waals surface area contributed by atoms with E-state index in [1.165, 1.54) is 102 Å². The molecule has 41 heavy (non-hydrogen) atoms. The Labute approximate surface area is 254 Å². The highest BCUT2D eigenvalue weighted by Crippen LogP contribution is 2.71. The zero-order valence-corrected chi connectivity index (χ0v) is 28.0. The Hall–Kier alpha value is -1.33. The first-order valence-electron chi connectivity index (χ1n) is 17.5. The molecule has 1 heterocycles. The largest absolute Gasteiger partial charge is 0.303 e. The Morgan fingerprint density at radius 2 is 1.73 bits per heavy atom. The molecule has 4 fully saturated rings. The van der Waals surface area contributed by atoms with Gasteiger partial charge in [-0.3, -0.25) is 0 Å². The third-order valence-electron chi connectivity index (χ3n) is 13.6. The van der Waals surface area contributed by atoms with Gasteiger partial charge in [0.1, 0.15) is 0 Å². The van der Waals surface area contributed by atoms with Crippen molar-refractivity contribution in [3.05, 3.63) is 36.0 Å². The molecule has 228 valence electrons. The summed E-state index contributed by atoms with van der Waals surface area (Å²) in [7, 11) is 0. The summed E-state index contributed by atoms with van der Waals surface area (Å²) in [4.78, 5) is 2.74. The maximum atomic E-state index is 10.2. The maximum Gasteiger partial charge on any atom is 0.0687 e. The van der Waals surface area contributed by atoms with Crippen molar-refractivity contribution in [2.75, 3.05) is 19.6 Å². The van der Waals surface area contributed by atoms with Gasteiger partial charge in [0.25, 0.3) is 0 Å². The number of hydrogen-bond donors (Lipinski definition) is 0. The lowest BCUT2D eigenvalue weighted by atomic mass is 9.38. The summed E-state index contributed by atoms with van der Waals surface area (Å²) in [5.74, 6) is 2.40. The predicted molar refractivity (Wildman–Crippen MR) is 174 cm³/mol. The van der Waals surface area contributed by atoms with E-state index in [1.807, 2.05) is 0 Å². The molecule has 0 bridgehead atoms. The van der Waals surface area contributed by atoms with Crippen LogP contribution in [-0.4, -0.2) is 24.5 Å². The Kier molecular flexibility index (Phi) is 8.58. The van der Waals surface area contributed by atoms with Crippen molar-refractivity contribution in [1.29, 1.82) is 5.26 Å². The molecular weight excluding hydrogens is 496 g/mol. The molecule has 0 aromatic carbocycles. The first kappa shape index (κ1) is 31.1. The lowest BCUT2D eigenvalue weighted by Gasteiger charge is -2.65. The summed E-state index contributed by atoms with van der Waals surface area (Å²) in [6.45, 7) is 25.6. The summed E-state index contributed by atoms with van der Waals surface area (Å²) in [6.07, 6.45) is 25.1. The van der Waals surface area contributed by atoms with Crippen LogP contribution in [0, 0.1) is 62.1 Å². The second-order valence-corrected chi connectivity index (χ2v) is 17.1. The standard InChI is InChI=1S/C39H62N2/c1-9-17-38(8)32(36(5,6)28-40)16-19-37(7)30-15-20-39(18-11-14-25-41-23-12-10-13-24-41)22-21-35(3,4)27-31(39)34(30)29(2)26-33(37)38/h9,17,26,30-32,34H,2,10-16,18-25,27H2,1,3-8H3/b17-9-. The van der Waals surface area contributed by atoms with Crippen LogP contribution in [0.15, 0.2) is 36.0 Å². The van der Waals surface area contributed by atoms with Gasteiger partial charge in [0.2, 0.25) is 0 Å². The fourth-order valence-corrected chi connectivity index (χ4v) is 11.5. The SMILES string of the molecule is C=C1C=C2C(C)(/C=C\C)C(C(C)(C)C#N)CCC2(C)C2CCC3(CCCCN4CCCCC4)CCC(C)(C)CC3C12. The molecule has 2 heteroatoms. The highest BCUT2D eigenvalue weighted by atomic mass is 15.1. The van der Waals surface area contributed by atoms with Crippen LogP contribution in [0.4, 0.5) is 0 Å². The van der Waals surface area contributed by atoms with Crippen LogP contribution in [0.25, 0.3) is 0 Å². The molecule has 7 atom stereocenters. The van der Waals surface area contributed by atoms with Gasteiger partial charge in [-0.05, 0) is 151 Å². The molecule has 0 aromatic rings. The minimum absolute atomic E-state index is 0.0935. The van der Waals surface area contributed by atoms with Crippen molar-refractivity contribution >= 4 is 0 Å². The van der Waals surface area contributed by atoms with E-state index in [0.29, 0.717) is 28.6 Å². The number of rotatable bonds is 7. The van der Waals surface area contributed by atoms with Crippen molar-refractivity contribution in [1.82, 2.24) is 4.90 Å². The van der Waals surface area contributed by atoms with Crippen LogP contribution >= 0.6 is 0 Å². The smallest absolute Gasteiger partial charge is 0.0687 e. The van der Waals surface area contributed by atoms with Gasteiger partial charge in [0.05, 0.1) is 11.5 Å². The summed E-state index contributed by atoms with van der Waals surface area (Å²) >= 11 is 0. The van der Waals surface area contributed by atoms with Gasteiger partial charge in [-0.25, -0.2) is 0 Å². The van der Waals surface area contributed by atoms with Gasteiger partial charge in [-0.1, -0.05) is 76.5 Å². The van der Waals surface area contributed by atoms with E-state index in [2.05, 4.69) is 77.7 Å². The average Bonchev–Trinajstić information content (AvgIpc) is 2.93. The second-order valence-electron chi connectivity index (χ2n) is 17.1. The fourth-order valence-electron chi connectivity index (χ4n) is 11.5. The van der Waals surface area contributed by atoms with E-state index < -0.39 is 0 Å². The van der Waals surface area contributed by atoms with E-state index in [9.17, 15) is 5.26 Å². The molecule has 0 N–H and O–H groups in total. The summed E-state index contributed by atoms with van der Waals surface area (Å²) < 4.78 is 0. The second kappa shape index (κ2) is 11.3. The molecular formula is C39H62N2. The minimum atomic E-state index is -0.349. The van der Waals surface area contributed by atoms with Crippen molar-refractivity contribution in [2.24, 2.45) is 50.7 Å². The van der Waals surface area contributed by atoms with Gasteiger partial charge in [-0.15, -0.1) is 0 Å². The van der Waals surface area contributed by atoms with Crippen molar-refractivity contribution in [3.8, 4) is 6.07 Å². The van der Waals surface area contributed by atoms with Crippen LogP contribution in [0.3, 0.4) is 0 Å². The number of nitrogens with zero attached hydrogens (tertiary/aromatic N) is 2. The number of likely N-dealkylation sites (tertiary alicyclic amines) is 1. The molecule has 0 radical (unpaired) electrons. The third-order valence-corrected chi connectivity index (χ3v) is 13.6. The average molecular weight is 559 g/mol. The van der Waals surface area contributed by atoms with Crippen LogP contribution < -0.4 is 0 Å². The number of allylic oxidation sites excluding steroid dienone is 5. The Bertz CT molecular complexity index is 1080. The Balaban J connectivity index is 1.45. The Morgan fingerprint density at radius 3 is 2.41 bits per heavy atom. The number of fused-ring (bicyclic) bond motifs is 5. The highest BCUT2D eigenvalue weighted by molar-refractivity contribution is 5.44. The zero-order chi connectivity index (χ0) is 29.7. The quantitative estimate of drug-likeness (QED) is 0.229. The van der Waals surface area contributed by atoms with E-state index >= 15 is 0 Å². The van der Waals surface area contributed by atoms with Crippen LogP contribution in [0.2, 0.25) is 0 Å². The Morgan fingerprint density at radius 1 is 1.00 bits per heavy atom. The first-order valence-corrected chi connectivity index (χ1v) is 17.5. The van der Waals surface area contributed by atoms with Crippen LogP contribution in [-0.2, 0) is 0 Å². The fraction of sp³-hybridized carbons (Fsp3) is 0.821. The van der Waals surface area contributed by atoms with Crippen LogP contribution in [0.5, 0.6) is 0 Å². The molecule has 2 nitrogen and oxygen atoms in total. The van der Waals surface area contributed by atoms with E-state index in [0.717, 1.165) is 12.3 Å². The minimum Gasteiger partial charge on any atom is -0.303 e. The third kappa shape index (κ3) is 5.45. The lowest BCUT2D eigenvalue weighted by Crippen LogP contribution is -2.57. The van der Waals surface area contributed by atoms with Crippen molar-refractivity contribution in [2.45, 2.75) is 132 Å². The summed E-state index contributed by atoms with van der Waals surface area (Å²) in [6, 6.07) is 2.71. The molecule has 0 aromatic heterocycles. The summed E-state index contributed by atoms with van der Waals surface area (Å²) in [5, 5.41) is 10.2. The number of unbranched alkanes of at least 4 members (excludes halogenated alkanes) is 1. The monoisotopic (exact) mass is 558 g/mol. The molecule has 5 rings (SSSR count). The molecule has 4 aliphatic carbocycles. The first-order chi connectivity index (χ1) is 19.3. The van der Waals surface area contributed by atoms with E-state index in [1.54, 1.807) is 5.57 Å². The van der Waals surface area contributed by atoms with Gasteiger partial charge < -0.3 is 4.90 Å². The zero-order valence-electron chi connectivity index (χ0n) is 28.0. The van der Waals surface area contributed by atoms with Crippen molar-refractivity contribution in [3.63, 3.8) is 0 Å². The van der Waals surface area contributed by atoms with E-state index in [-0.39, 0.29) is 16.2 Å². The van der Waals surface area contributed by atoms with E-state index in [4.69, 9.17) is 6.58 Å². The molecule has 0 amide bonds. The van der Waals surface area contributed by atoms with Gasteiger partial charge >= 0.3 is 0 Å². The highest BCUT2D eigenvalue weighted by Gasteiger charge is 2.62. The topological polar surface area (TPSA) is 27.0 Å². The van der Waals surface area contributed by atoms with Crippen molar-refractivity contribution < 1.29 is 0 Å². The number of piperidine rings is 1. The molecule has 1 aliphatic heterocycles. The lowest BCUT2D eigenvalue weighted by molar-refractivity contribution is -0.0983. The molecule has 7 unspecified atom stereocenters. The molecule has 3 saturated carbocycles. The van der Waals surface area contributed by atoms with Gasteiger partial charge in [0, 0.05) is 5.41 Å². The molecule has 5 aliphatic rings. The van der Waals surface area contributed by atoms with Crippen LogP contribution in [0.1, 0.15) is 132 Å². The summed E-state index contributed by atoms with van der Waals surface area (Å²) in [5.41, 5.74) is 3.72. The predicted octanol–water partition coefficient (Wildman–Crippen LogP) is 10.5. The van der Waals surface area contributed by atoms with Gasteiger partial charge in [0.15, 0.2) is 0 Å². The molecule has 0 spiro atoms. The molecule has 1 saturated heterocycles. The van der Waals surface area contributed by atoms with Gasteiger partial charge in [-0.2, -0.15) is 5.26 Å². The number of hydrogen-bond acceptors (Lipinski definition) is 2. The number of nitriles is 1. The normalized spacial score (nSPS) is 41.2.